The minimum Gasteiger partial charge on any atom is -0.311 e. The van der Waals surface area contributed by atoms with Gasteiger partial charge in [-0.1, -0.05) is 18.5 Å². The normalized spacial score (nSPS) is 10.8. The van der Waals surface area contributed by atoms with Gasteiger partial charge in [0.15, 0.2) is 0 Å². The van der Waals surface area contributed by atoms with Gasteiger partial charge in [-0.05, 0) is 53.2 Å². The monoisotopic (exact) mass is 327 g/mol. The molecule has 1 aromatic heterocycles. The zero-order valence-corrected chi connectivity index (χ0v) is 12.5. The van der Waals surface area contributed by atoms with Crippen molar-refractivity contribution in [2.75, 3.05) is 6.54 Å². The predicted octanol–water partition coefficient (Wildman–Crippen LogP) is 3.79. The molecule has 96 valence electrons. The average Bonchev–Trinajstić information content (AvgIpc) is 2.82. The fourth-order valence-corrected chi connectivity index (χ4v) is 2.04. The van der Waals surface area contributed by atoms with Gasteiger partial charge >= 0.3 is 0 Å². The summed E-state index contributed by atoms with van der Waals surface area (Å²) >= 11 is 9.45. The smallest absolute Gasteiger partial charge is 0.0766 e. The van der Waals surface area contributed by atoms with Crippen molar-refractivity contribution in [3.05, 3.63) is 45.7 Å². The maximum Gasteiger partial charge on any atom is 0.0766 e. The van der Waals surface area contributed by atoms with Gasteiger partial charge in [-0.25, -0.2) is 4.68 Å². The summed E-state index contributed by atoms with van der Waals surface area (Å²) < 4.78 is 2.73. The van der Waals surface area contributed by atoms with Gasteiger partial charge in [-0.2, -0.15) is 5.10 Å². The lowest BCUT2D eigenvalue weighted by Crippen LogP contribution is -2.14. The van der Waals surface area contributed by atoms with Crippen LogP contribution in [0, 0.1) is 0 Å². The minimum atomic E-state index is 0.689. The second-order valence-electron chi connectivity index (χ2n) is 4.03. The van der Waals surface area contributed by atoms with Crippen LogP contribution in [0.25, 0.3) is 5.69 Å². The van der Waals surface area contributed by atoms with Crippen LogP contribution in [0.3, 0.4) is 0 Å². The second kappa shape index (κ2) is 6.36. The number of hydrogen-bond acceptors (Lipinski definition) is 2. The van der Waals surface area contributed by atoms with Gasteiger partial charge in [0.25, 0.3) is 0 Å². The van der Waals surface area contributed by atoms with Crippen molar-refractivity contribution in [3.8, 4) is 5.69 Å². The van der Waals surface area contributed by atoms with E-state index in [1.54, 1.807) is 0 Å². The van der Waals surface area contributed by atoms with Crippen molar-refractivity contribution in [3.63, 3.8) is 0 Å². The third kappa shape index (κ3) is 3.34. The first-order valence-electron chi connectivity index (χ1n) is 5.91. The van der Waals surface area contributed by atoms with E-state index in [2.05, 4.69) is 33.3 Å². The van der Waals surface area contributed by atoms with E-state index >= 15 is 0 Å². The molecule has 1 N–H and O–H groups in total. The van der Waals surface area contributed by atoms with E-state index in [1.165, 1.54) is 0 Å². The summed E-state index contributed by atoms with van der Waals surface area (Å²) in [6, 6.07) is 7.81. The molecule has 0 aliphatic rings. The van der Waals surface area contributed by atoms with Gasteiger partial charge in [0.2, 0.25) is 0 Å². The molecule has 0 spiro atoms. The molecule has 1 aromatic carbocycles. The standard InChI is InChI=1S/C13H15BrClN3/c1-2-6-16-9-10-5-7-18(17-10)11-3-4-12(14)13(15)8-11/h3-5,7-8,16H,2,6,9H2,1H3. The van der Waals surface area contributed by atoms with Crippen molar-refractivity contribution in [2.24, 2.45) is 0 Å². The van der Waals surface area contributed by atoms with E-state index in [0.29, 0.717) is 5.02 Å². The highest BCUT2D eigenvalue weighted by atomic mass is 79.9. The van der Waals surface area contributed by atoms with E-state index in [0.717, 1.165) is 35.4 Å². The largest absolute Gasteiger partial charge is 0.311 e. The van der Waals surface area contributed by atoms with Crippen LogP contribution in [-0.2, 0) is 6.54 Å². The number of nitrogens with one attached hydrogen (secondary N) is 1. The summed E-state index contributed by atoms with van der Waals surface area (Å²) in [6.45, 7) is 3.96. The SMILES string of the molecule is CCCNCc1ccn(-c2ccc(Br)c(Cl)c2)n1. The van der Waals surface area contributed by atoms with Crippen LogP contribution in [0.1, 0.15) is 19.0 Å². The highest BCUT2D eigenvalue weighted by Gasteiger charge is 2.03. The molecule has 0 saturated heterocycles. The highest BCUT2D eigenvalue weighted by molar-refractivity contribution is 9.10. The maximum absolute atomic E-state index is 6.07. The lowest BCUT2D eigenvalue weighted by molar-refractivity contribution is 0.656. The van der Waals surface area contributed by atoms with Gasteiger partial charge in [-0.15, -0.1) is 0 Å². The van der Waals surface area contributed by atoms with E-state index in [-0.39, 0.29) is 0 Å². The minimum absolute atomic E-state index is 0.689. The van der Waals surface area contributed by atoms with E-state index < -0.39 is 0 Å². The first-order valence-corrected chi connectivity index (χ1v) is 7.08. The molecule has 2 aromatic rings. The molecule has 2 rings (SSSR count). The summed E-state index contributed by atoms with van der Waals surface area (Å²) in [5, 5.41) is 8.52. The Bertz CT molecular complexity index is 525. The Kier molecular flexibility index (Phi) is 4.80. The molecule has 0 bridgehead atoms. The number of nitrogens with zero attached hydrogens (tertiary/aromatic N) is 2. The second-order valence-corrected chi connectivity index (χ2v) is 5.29. The van der Waals surface area contributed by atoms with Gasteiger partial charge in [0.1, 0.15) is 0 Å². The van der Waals surface area contributed by atoms with Crippen molar-refractivity contribution in [1.82, 2.24) is 15.1 Å². The molecular weight excluding hydrogens is 314 g/mol. The lowest BCUT2D eigenvalue weighted by atomic mass is 10.3. The lowest BCUT2D eigenvalue weighted by Gasteiger charge is -2.03. The highest BCUT2D eigenvalue weighted by Crippen LogP contribution is 2.24. The Balaban J connectivity index is 2.11. The van der Waals surface area contributed by atoms with Crippen LogP contribution >= 0.6 is 27.5 Å². The number of benzene rings is 1. The summed E-state index contributed by atoms with van der Waals surface area (Å²) in [6.07, 6.45) is 3.07. The van der Waals surface area contributed by atoms with E-state index in [4.69, 9.17) is 11.6 Å². The quantitative estimate of drug-likeness (QED) is 0.846. The molecule has 0 aliphatic carbocycles. The Morgan fingerprint density at radius 3 is 2.94 bits per heavy atom. The zero-order chi connectivity index (χ0) is 13.0. The van der Waals surface area contributed by atoms with Crippen LogP contribution in [0.4, 0.5) is 0 Å². The topological polar surface area (TPSA) is 29.9 Å². The zero-order valence-electron chi connectivity index (χ0n) is 10.2. The van der Waals surface area contributed by atoms with Gasteiger partial charge in [-0.3, -0.25) is 0 Å². The fourth-order valence-electron chi connectivity index (χ4n) is 1.62. The van der Waals surface area contributed by atoms with Gasteiger partial charge in [0, 0.05) is 17.2 Å². The molecule has 0 unspecified atom stereocenters. The fraction of sp³-hybridized carbons (Fsp3) is 0.308. The molecule has 0 aliphatic heterocycles. The first kappa shape index (κ1) is 13.6. The number of halogens is 2. The number of rotatable bonds is 5. The maximum atomic E-state index is 6.07. The molecule has 0 amide bonds. The molecule has 18 heavy (non-hydrogen) atoms. The average molecular weight is 329 g/mol. The van der Waals surface area contributed by atoms with E-state index in [9.17, 15) is 0 Å². The van der Waals surface area contributed by atoms with Gasteiger partial charge in [0.05, 0.1) is 16.4 Å². The molecule has 0 atom stereocenters. The van der Waals surface area contributed by atoms with Crippen molar-refractivity contribution < 1.29 is 0 Å². The Labute approximate surface area is 120 Å². The van der Waals surface area contributed by atoms with Gasteiger partial charge < -0.3 is 5.32 Å². The Morgan fingerprint density at radius 2 is 2.22 bits per heavy atom. The molecule has 0 radical (unpaired) electrons. The summed E-state index contributed by atoms with van der Waals surface area (Å²) in [5.41, 5.74) is 1.99. The first-order chi connectivity index (χ1) is 8.70. The van der Waals surface area contributed by atoms with Crippen LogP contribution in [0.5, 0.6) is 0 Å². The molecule has 0 saturated carbocycles. The van der Waals surface area contributed by atoms with Crippen molar-refractivity contribution >= 4 is 27.5 Å². The summed E-state index contributed by atoms with van der Waals surface area (Å²) in [4.78, 5) is 0. The molecule has 0 fully saturated rings. The van der Waals surface area contributed by atoms with Crippen LogP contribution in [0.15, 0.2) is 34.9 Å². The van der Waals surface area contributed by atoms with Crippen LogP contribution in [-0.4, -0.2) is 16.3 Å². The third-order valence-corrected chi connectivity index (χ3v) is 3.78. The van der Waals surface area contributed by atoms with Crippen LogP contribution in [0.2, 0.25) is 5.02 Å². The predicted molar refractivity (Wildman–Crippen MR) is 78.3 cm³/mol. The molecular formula is C13H15BrClN3. The molecule has 5 heteroatoms. The van der Waals surface area contributed by atoms with Crippen molar-refractivity contribution in [2.45, 2.75) is 19.9 Å². The number of hydrogen-bond donors (Lipinski definition) is 1. The Hall–Kier alpha value is -0.840. The Morgan fingerprint density at radius 1 is 1.39 bits per heavy atom. The molecule has 3 nitrogen and oxygen atoms in total. The van der Waals surface area contributed by atoms with E-state index in [1.807, 2.05) is 35.1 Å². The molecule has 1 heterocycles. The van der Waals surface area contributed by atoms with Crippen molar-refractivity contribution in [1.29, 1.82) is 0 Å². The third-order valence-electron chi connectivity index (χ3n) is 2.54. The summed E-state index contributed by atoms with van der Waals surface area (Å²) in [7, 11) is 0. The summed E-state index contributed by atoms with van der Waals surface area (Å²) in [5.74, 6) is 0. The number of aromatic nitrogens is 2. The van der Waals surface area contributed by atoms with Crippen LogP contribution < -0.4 is 5.32 Å².